The lowest BCUT2D eigenvalue weighted by atomic mass is 10.3. The van der Waals surface area contributed by atoms with Gasteiger partial charge in [-0.25, -0.2) is 4.98 Å². The summed E-state index contributed by atoms with van der Waals surface area (Å²) in [5, 5.41) is 11.4. The van der Waals surface area contributed by atoms with Gasteiger partial charge in [-0.05, 0) is 23.1 Å². The molecule has 0 saturated carbocycles. The first-order valence-electron chi connectivity index (χ1n) is 5.20. The highest BCUT2D eigenvalue weighted by atomic mass is 35.5. The Bertz CT molecular complexity index is 473. The summed E-state index contributed by atoms with van der Waals surface area (Å²) in [5.74, 6) is 0.417. The molecule has 0 aliphatic carbocycles. The number of aliphatic hydroxyl groups is 1. The average molecular weight is 270 g/mol. The lowest BCUT2D eigenvalue weighted by Crippen LogP contribution is -2.02. The second-order valence-electron chi connectivity index (χ2n) is 3.47. The van der Waals surface area contributed by atoms with Crippen molar-refractivity contribution in [2.75, 3.05) is 6.61 Å². The Morgan fingerprint density at radius 2 is 2.35 bits per heavy atom. The summed E-state index contributed by atoms with van der Waals surface area (Å²) in [6, 6.07) is 5.74. The number of aliphatic hydroxyl groups excluding tert-OH is 1. The van der Waals surface area contributed by atoms with Gasteiger partial charge in [-0.2, -0.15) is 0 Å². The highest BCUT2D eigenvalue weighted by molar-refractivity contribution is 7.09. The maximum atomic E-state index is 8.92. The van der Waals surface area contributed by atoms with Gasteiger partial charge in [-0.15, -0.1) is 11.3 Å². The molecule has 0 spiro atoms. The van der Waals surface area contributed by atoms with Gasteiger partial charge >= 0.3 is 0 Å². The topological polar surface area (TPSA) is 42.4 Å². The first-order chi connectivity index (χ1) is 8.29. The highest BCUT2D eigenvalue weighted by Crippen LogP contribution is 2.22. The molecule has 2 aromatic rings. The molecule has 0 fully saturated rings. The number of halogens is 1. The predicted molar refractivity (Wildman–Crippen MR) is 68.7 cm³/mol. The number of rotatable bonds is 5. The molecule has 0 aliphatic heterocycles. The van der Waals surface area contributed by atoms with Crippen molar-refractivity contribution >= 4 is 22.9 Å². The van der Waals surface area contributed by atoms with Crippen molar-refractivity contribution in [1.82, 2.24) is 4.98 Å². The van der Waals surface area contributed by atoms with E-state index >= 15 is 0 Å². The third-order valence-corrected chi connectivity index (χ3v) is 3.42. The SMILES string of the molecule is OCc1cnc(OCCc2cccs2)c(Cl)c1. The van der Waals surface area contributed by atoms with Gasteiger partial charge in [-0.3, -0.25) is 0 Å². The van der Waals surface area contributed by atoms with E-state index in [2.05, 4.69) is 11.1 Å². The fourth-order valence-corrected chi connectivity index (χ4v) is 2.29. The Labute approximate surface area is 109 Å². The number of hydrogen-bond donors (Lipinski definition) is 1. The fraction of sp³-hybridized carbons (Fsp3) is 0.250. The van der Waals surface area contributed by atoms with Crippen LogP contribution in [-0.2, 0) is 13.0 Å². The summed E-state index contributed by atoms with van der Waals surface area (Å²) in [4.78, 5) is 5.33. The molecule has 2 rings (SSSR count). The van der Waals surface area contributed by atoms with Crippen molar-refractivity contribution in [3.05, 3.63) is 45.2 Å². The normalized spacial score (nSPS) is 10.5. The number of hydrogen-bond acceptors (Lipinski definition) is 4. The van der Waals surface area contributed by atoms with Crippen LogP contribution in [0.2, 0.25) is 5.02 Å². The summed E-state index contributed by atoms with van der Waals surface area (Å²) in [6.07, 6.45) is 2.41. The van der Waals surface area contributed by atoms with Crippen LogP contribution in [0.1, 0.15) is 10.4 Å². The van der Waals surface area contributed by atoms with E-state index in [9.17, 15) is 0 Å². The van der Waals surface area contributed by atoms with Crippen molar-refractivity contribution in [3.8, 4) is 5.88 Å². The van der Waals surface area contributed by atoms with Crippen molar-refractivity contribution < 1.29 is 9.84 Å². The lowest BCUT2D eigenvalue weighted by molar-refractivity contribution is 0.279. The lowest BCUT2D eigenvalue weighted by Gasteiger charge is -2.06. The molecule has 0 aromatic carbocycles. The molecular formula is C12H12ClNO2S. The Morgan fingerprint density at radius 1 is 1.47 bits per heavy atom. The molecule has 0 atom stereocenters. The highest BCUT2D eigenvalue weighted by Gasteiger charge is 2.04. The van der Waals surface area contributed by atoms with Crippen LogP contribution in [-0.4, -0.2) is 16.7 Å². The van der Waals surface area contributed by atoms with Crippen LogP contribution in [0.4, 0.5) is 0 Å². The fourth-order valence-electron chi connectivity index (χ4n) is 1.36. The average Bonchev–Trinajstić information content (AvgIpc) is 2.84. The Balaban J connectivity index is 1.90. The number of aromatic nitrogens is 1. The quantitative estimate of drug-likeness (QED) is 0.908. The molecule has 17 heavy (non-hydrogen) atoms. The van der Waals surface area contributed by atoms with E-state index in [0.29, 0.717) is 23.1 Å². The first-order valence-corrected chi connectivity index (χ1v) is 6.46. The van der Waals surface area contributed by atoms with E-state index in [1.165, 1.54) is 4.88 Å². The van der Waals surface area contributed by atoms with Crippen LogP contribution < -0.4 is 4.74 Å². The molecular weight excluding hydrogens is 258 g/mol. The zero-order chi connectivity index (χ0) is 12.1. The zero-order valence-corrected chi connectivity index (χ0v) is 10.7. The second kappa shape index (κ2) is 6.00. The van der Waals surface area contributed by atoms with Gasteiger partial charge < -0.3 is 9.84 Å². The molecule has 0 saturated heterocycles. The van der Waals surface area contributed by atoms with Gasteiger partial charge in [0.25, 0.3) is 0 Å². The van der Waals surface area contributed by atoms with Gasteiger partial charge in [0.1, 0.15) is 5.02 Å². The first kappa shape index (κ1) is 12.4. The minimum absolute atomic E-state index is 0.0673. The Morgan fingerprint density at radius 3 is 3.00 bits per heavy atom. The molecule has 0 amide bonds. The van der Waals surface area contributed by atoms with Gasteiger partial charge in [0, 0.05) is 17.5 Å². The van der Waals surface area contributed by atoms with Crippen LogP contribution >= 0.6 is 22.9 Å². The van der Waals surface area contributed by atoms with Crippen molar-refractivity contribution in [2.45, 2.75) is 13.0 Å². The second-order valence-corrected chi connectivity index (χ2v) is 4.91. The van der Waals surface area contributed by atoms with Crippen LogP contribution in [0.3, 0.4) is 0 Å². The summed E-state index contributed by atoms with van der Waals surface area (Å²) in [5.41, 5.74) is 0.681. The molecule has 3 nitrogen and oxygen atoms in total. The molecule has 2 heterocycles. The molecule has 2 aromatic heterocycles. The van der Waals surface area contributed by atoms with Crippen LogP contribution in [0.5, 0.6) is 5.88 Å². The molecule has 0 radical (unpaired) electrons. The van der Waals surface area contributed by atoms with Crippen molar-refractivity contribution in [2.24, 2.45) is 0 Å². The van der Waals surface area contributed by atoms with Crippen LogP contribution in [0.25, 0.3) is 0 Å². The summed E-state index contributed by atoms with van der Waals surface area (Å²) >= 11 is 7.67. The molecule has 90 valence electrons. The number of ether oxygens (including phenoxy) is 1. The predicted octanol–water partition coefficient (Wildman–Crippen LogP) is 2.91. The monoisotopic (exact) mass is 269 g/mol. The molecule has 0 bridgehead atoms. The minimum Gasteiger partial charge on any atom is -0.476 e. The third-order valence-electron chi connectivity index (χ3n) is 2.21. The summed E-state index contributed by atoms with van der Waals surface area (Å²) in [6.45, 7) is 0.480. The number of nitrogens with zero attached hydrogens (tertiary/aromatic N) is 1. The van der Waals surface area contributed by atoms with Crippen molar-refractivity contribution in [3.63, 3.8) is 0 Å². The molecule has 0 unspecified atom stereocenters. The maximum Gasteiger partial charge on any atom is 0.232 e. The standard InChI is InChI=1S/C12H12ClNO2S/c13-11-6-9(8-15)7-14-12(11)16-4-3-10-2-1-5-17-10/h1-2,5-7,15H,3-4,8H2. The van der Waals surface area contributed by atoms with Gasteiger partial charge in [-0.1, -0.05) is 17.7 Å². The Kier molecular flexibility index (Phi) is 4.36. The molecule has 1 N–H and O–H groups in total. The van der Waals surface area contributed by atoms with Crippen LogP contribution in [0.15, 0.2) is 29.8 Å². The van der Waals surface area contributed by atoms with Crippen LogP contribution in [0, 0.1) is 0 Å². The number of thiophene rings is 1. The third kappa shape index (κ3) is 3.43. The van der Waals surface area contributed by atoms with E-state index in [0.717, 1.165) is 6.42 Å². The van der Waals surface area contributed by atoms with Gasteiger partial charge in [0.15, 0.2) is 0 Å². The minimum atomic E-state index is -0.0673. The smallest absolute Gasteiger partial charge is 0.232 e. The van der Waals surface area contributed by atoms with E-state index in [-0.39, 0.29) is 6.61 Å². The largest absolute Gasteiger partial charge is 0.476 e. The van der Waals surface area contributed by atoms with E-state index < -0.39 is 0 Å². The van der Waals surface area contributed by atoms with E-state index in [4.69, 9.17) is 21.4 Å². The van der Waals surface area contributed by atoms with Gasteiger partial charge in [0.2, 0.25) is 5.88 Å². The Hall–Kier alpha value is -1.10. The van der Waals surface area contributed by atoms with E-state index in [1.54, 1.807) is 23.6 Å². The van der Waals surface area contributed by atoms with Crippen molar-refractivity contribution in [1.29, 1.82) is 0 Å². The zero-order valence-electron chi connectivity index (χ0n) is 9.10. The van der Waals surface area contributed by atoms with E-state index in [1.807, 2.05) is 11.4 Å². The molecule has 0 aliphatic rings. The summed E-state index contributed by atoms with van der Waals surface area (Å²) < 4.78 is 5.49. The number of pyridine rings is 1. The van der Waals surface area contributed by atoms with Gasteiger partial charge in [0.05, 0.1) is 13.2 Å². The summed E-state index contributed by atoms with van der Waals surface area (Å²) in [7, 11) is 0. The molecule has 5 heteroatoms. The maximum absolute atomic E-state index is 8.92.